The van der Waals surface area contributed by atoms with E-state index in [-0.39, 0.29) is 23.9 Å². The molecule has 2 aliphatic rings. The highest BCUT2D eigenvalue weighted by Gasteiger charge is 2.40. The molecule has 0 unspecified atom stereocenters. The number of rotatable bonds is 4. The number of aromatic nitrogens is 2. The second kappa shape index (κ2) is 6.63. The molecule has 142 valence electrons. The Morgan fingerprint density at radius 2 is 2.22 bits per heavy atom. The molecule has 4 rings (SSSR count). The predicted molar refractivity (Wildman–Crippen MR) is 99.5 cm³/mol. The van der Waals surface area contributed by atoms with Crippen molar-refractivity contribution in [2.45, 2.75) is 63.3 Å². The van der Waals surface area contributed by atoms with Gasteiger partial charge in [0.1, 0.15) is 24.2 Å². The van der Waals surface area contributed by atoms with Gasteiger partial charge < -0.3 is 19.7 Å². The number of nitrogens with zero attached hydrogens (tertiary/aromatic N) is 3. The van der Waals surface area contributed by atoms with E-state index in [1.165, 1.54) is 0 Å². The van der Waals surface area contributed by atoms with E-state index in [0.717, 1.165) is 5.52 Å². The summed E-state index contributed by atoms with van der Waals surface area (Å²) in [6.45, 7) is 4.19. The second-order valence-corrected chi connectivity index (χ2v) is 8.18. The van der Waals surface area contributed by atoms with Crippen LogP contribution in [0.2, 0.25) is 0 Å². The molecule has 2 N–H and O–H groups in total. The number of aliphatic hydroxyl groups is 1. The van der Waals surface area contributed by atoms with Crippen LogP contribution in [0.1, 0.15) is 51.1 Å². The van der Waals surface area contributed by atoms with Gasteiger partial charge in [-0.05, 0) is 26.7 Å². The van der Waals surface area contributed by atoms with Gasteiger partial charge in [0.15, 0.2) is 0 Å². The van der Waals surface area contributed by atoms with E-state index in [1.807, 2.05) is 24.5 Å². The lowest BCUT2D eigenvalue weighted by molar-refractivity contribution is -0.121. The number of carbonyl (C=O) groups is 1. The lowest BCUT2D eigenvalue weighted by Crippen LogP contribution is -2.47. The predicted octanol–water partition coefficient (Wildman–Crippen LogP) is 2.08. The van der Waals surface area contributed by atoms with Crippen LogP contribution in [0.4, 0.5) is 0 Å². The van der Waals surface area contributed by atoms with Crippen molar-refractivity contribution < 1.29 is 14.6 Å². The van der Waals surface area contributed by atoms with Crippen molar-refractivity contribution in [2.75, 3.05) is 6.61 Å². The number of imidazole rings is 1. The van der Waals surface area contributed by atoms with E-state index in [2.05, 4.69) is 16.4 Å². The maximum Gasteiger partial charge on any atom is 0.136 e. The molecule has 27 heavy (non-hydrogen) atoms. The number of Topliss-reactive ketones (excluding diaryl/α,β-unsaturated/α-hetero) is 1. The minimum absolute atomic E-state index is 0.0164. The molecule has 0 amide bonds. The zero-order valence-electron chi connectivity index (χ0n) is 15.6. The summed E-state index contributed by atoms with van der Waals surface area (Å²) in [6.07, 6.45) is 4.07. The molecule has 2 atom stereocenters. The monoisotopic (exact) mass is 368 g/mol. The molecule has 1 saturated heterocycles. The summed E-state index contributed by atoms with van der Waals surface area (Å²) in [5, 5.41) is 23.0. The van der Waals surface area contributed by atoms with Crippen LogP contribution in [-0.4, -0.2) is 44.7 Å². The second-order valence-electron chi connectivity index (χ2n) is 8.18. The van der Waals surface area contributed by atoms with Gasteiger partial charge in [-0.3, -0.25) is 4.79 Å². The van der Waals surface area contributed by atoms with Crippen LogP contribution in [0.15, 0.2) is 18.5 Å². The zero-order chi connectivity index (χ0) is 19.2. The van der Waals surface area contributed by atoms with Gasteiger partial charge in [0.05, 0.1) is 28.5 Å². The third kappa shape index (κ3) is 3.55. The van der Waals surface area contributed by atoms with E-state index >= 15 is 0 Å². The van der Waals surface area contributed by atoms with Crippen LogP contribution in [0.5, 0.6) is 5.75 Å². The number of hydrogen-bond acceptors (Lipinski definition) is 6. The number of nitrogens with one attached hydrogen (secondary N) is 1. The van der Waals surface area contributed by atoms with Crippen LogP contribution in [0, 0.1) is 11.3 Å². The lowest BCUT2D eigenvalue weighted by atomic mass is 9.77. The van der Waals surface area contributed by atoms with Crippen molar-refractivity contribution >= 4 is 16.8 Å². The standard InChI is InChI=1S/C20H24N4O3/c1-12-3-16(25)5-14(23-12)10-27-17-4-13(9-21)19-18(6-17)22-11-24(19)15-7-20(2,26)8-15/h4,6,11-12,14-15,23,26H,3,5,7-8,10H2,1-2H3/t12-,14-,15?,20?/m0/s1. The van der Waals surface area contributed by atoms with Crippen molar-refractivity contribution in [3.63, 3.8) is 0 Å². The van der Waals surface area contributed by atoms with E-state index in [1.54, 1.807) is 12.4 Å². The summed E-state index contributed by atoms with van der Waals surface area (Å²) < 4.78 is 7.87. The molecular weight excluding hydrogens is 344 g/mol. The van der Waals surface area contributed by atoms with Gasteiger partial charge in [-0.2, -0.15) is 5.26 Å². The van der Waals surface area contributed by atoms with Crippen LogP contribution in [-0.2, 0) is 4.79 Å². The molecule has 2 fully saturated rings. The highest BCUT2D eigenvalue weighted by atomic mass is 16.5. The maximum atomic E-state index is 11.7. The van der Waals surface area contributed by atoms with Crippen molar-refractivity contribution in [3.8, 4) is 11.8 Å². The molecule has 7 nitrogen and oxygen atoms in total. The first-order valence-electron chi connectivity index (χ1n) is 9.38. The average Bonchev–Trinajstić information content (AvgIpc) is 3.00. The van der Waals surface area contributed by atoms with Crippen molar-refractivity contribution in [1.29, 1.82) is 5.26 Å². The Morgan fingerprint density at radius 3 is 2.89 bits per heavy atom. The van der Waals surface area contributed by atoms with E-state index in [9.17, 15) is 15.2 Å². The Kier molecular flexibility index (Phi) is 4.41. The smallest absolute Gasteiger partial charge is 0.136 e. The summed E-state index contributed by atoms with van der Waals surface area (Å²) in [4.78, 5) is 16.2. The number of hydrogen-bond donors (Lipinski definition) is 2. The topological polar surface area (TPSA) is 100 Å². The van der Waals surface area contributed by atoms with E-state index in [4.69, 9.17) is 4.74 Å². The molecule has 2 heterocycles. The molecular formula is C20H24N4O3. The molecule has 0 radical (unpaired) electrons. The highest BCUT2D eigenvalue weighted by molar-refractivity contribution is 5.84. The Labute approximate surface area is 157 Å². The highest BCUT2D eigenvalue weighted by Crippen LogP contribution is 2.42. The van der Waals surface area contributed by atoms with Gasteiger partial charge in [-0.25, -0.2) is 4.98 Å². The van der Waals surface area contributed by atoms with Crippen molar-refractivity contribution in [2.24, 2.45) is 0 Å². The summed E-state index contributed by atoms with van der Waals surface area (Å²) in [5.41, 5.74) is 1.35. The van der Waals surface area contributed by atoms with E-state index < -0.39 is 5.60 Å². The third-order valence-electron chi connectivity index (χ3n) is 5.49. The number of benzene rings is 1. The fraction of sp³-hybridized carbons (Fsp3) is 0.550. The Bertz CT molecular complexity index is 919. The Hall–Kier alpha value is -2.43. The molecule has 1 aliphatic carbocycles. The normalized spacial score (nSPS) is 30.7. The summed E-state index contributed by atoms with van der Waals surface area (Å²) in [5.74, 6) is 0.829. The van der Waals surface area contributed by atoms with Crippen molar-refractivity contribution in [1.82, 2.24) is 14.9 Å². The largest absolute Gasteiger partial charge is 0.492 e. The molecule has 0 spiro atoms. The van der Waals surface area contributed by atoms with Gasteiger partial charge in [0, 0.05) is 43.1 Å². The fourth-order valence-electron chi connectivity index (χ4n) is 4.27. The molecule has 1 aliphatic heterocycles. The quantitative estimate of drug-likeness (QED) is 0.857. The van der Waals surface area contributed by atoms with Crippen LogP contribution < -0.4 is 10.1 Å². The van der Waals surface area contributed by atoms with Gasteiger partial charge in [-0.1, -0.05) is 0 Å². The van der Waals surface area contributed by atoms with Crippen LogP contribution >= 0.6 is 0 Å². The Balaban J connectivity index is 1.53. The number of fused-ring (bicyclic) bond motifs is 1. The molecule has 7 heteroatoms. The minimum atomic E-state index is -0.640. The van der Waals surface area contributed by atoms with Gasteiger partial charge in [0.25, 0.3) is 0 Å². The average molecular weight is 368 g/mol. The minimum Gasteiger partial charge on any atom is -0.492 e. The van der Waals surface area contributed by atoms with Gasteiger partial charge in [0.2, 0.25) is 0 Å². The first-order chi connectivity index (χ1) is 12.8. The van der Waals surface area contributed by atoms with Crippen LogP contribution in [0.3, 0.4) is 0 Å². The Morgan fingerprint density at radius 1 is 1.44 bits per heavy atom. The summed E-state index contributed by atoms with van der Waals surface area (Å²) in [7, 11) is 0. The SMILES string of the molecule is C[C@H]1CC(=O)C[C@@H](COc2cc(C#N)c3c(c2)ncn3C2CC(C)(O)C2)N1. The summed E-state index contributed by atoms with van der Waals surface area (Å²) >= 11 is 0. The first-order valence-corrected chi connectivity index (χ1v) is 9.38. The summed E-state index contributed by atoms with van der Waals surface area (Å²) in [6, 6.07) is 6.10. The zero-order valence-corrected chi connectivity index (χ0v) is 15.6. The van der Waals surface area contributed by atoms with Gasteiger partial charge in [-0.15, -0.1) is 0 Å². The number of nitriles is 1. The number of ether oxygens (including phenoxy) is 1. The molecule has 1 aromatic heterocycles. The first kappa shape index (κ1) is 18.0. The van der Waals surface area contributed by atoms with Crippen molar-refractivity contribution in [3.05, 3.63) is 24.0 Å². The van der Waals surface area contributed by atoms with Gasteiger partial charge >= 0.3 is 0 Å². The molecule has 1 aromatic carbocycles. The molecule has 2 aromatic rings. The molecule has 1 saturated carbocycles. The maximum absolute atomic E-state index is 11.7. The number of piperidine rings is 1. The fourth-order valence-corrected chi connectivity index (χ4v) is 4.27. The number of ketones is 1. The number of carbonyl (C=O) groups excluding carboxylic acids is 1. The lowest BCUT2D eigenvalue weighted by Gasteiger charge is -2.41. The third-order valence-corrected chi connectivity index (χ3v) is 5.49. The molecule has 0 bridgehead atoms. The van der Waals surface area contributed by atoms with Crippen LogP contribution in [0.25, 0.3) is 11.0 Å². The van der Waals surface area contributed by atoms with E-state index in [0.29, 0.717) is 49.1 Å².